The van der Waals surface area contributed by atoms with Gasteiger partial charge in [0.25, 0.3) is 0 Å². The molecule has 0 saturated heterocycles. The van der Waals surface area contributed by atoms with Gasteiger partial charge >= 0.3 is 0 Å². The minimum absolute atomic E-state index is 0.477. The minimum atomic E-state index is 0.477. The number of hydrogen-bond donors (Lipinski definition) is 1. The molecule has 2 rings (SSSR count). The van der Waals surface area contributed by atoms with Gasteiger partial charge in [0, 0.05) is 18.0 Å². The molecule has 0 aliphatic carbocycles. The minimum Gasteiger partial charge on any atom is -0.330 e. The van der Waals surface area contributed by atoms with Gasteiger partial charge in [-0.05, 0) is 24.9 Å². The predicted molar refractivity (Wildman–Crippen MR) is 54.9 cm³/mol. The van der Waals surface area contributed by atoms with Crippen molar-refractivity contribution in [1.82, 2.24) is 14.6 Å². The Labute approximate surface area is 82.8 Å². The van der Waals surface area contributed by atoms with Crippen molar-refractivity contribution in [2.45, 2.75) is 13.3 Å². The number of aromatic nitrogens is 3. The van der Waals surface area contributed by atoms with Gasteiger partial charge in [-0.15, -0.1) is 0 Å². The summed E-state index contributed by atoms with van der Waals surface area (Å²) in [5.74, 6) is 0.477. The van der Waals surface area contributed by atoms with Gasteiger partial charge in [-0.3, -0.25) is 0 Å². The van der Waals surface area contributed by atoms with Gasteiger partial charge in [0.05, 0.1) is 6.20 Å². The second-order valence-electron chi connectivity index (χ2n) is 3.60. The Kier molecular flexibility index (Phi) is 2.45. The van der Waals surface area contributed by atoms with Crippen molar-refractivity contribution >= 4 is 5.65 Å². The zero-order valence-electron chi connectivity index (χ0n) is 8.22. The molecule has 2 heterocycles. The van der Waals surface area contributed by atoms with E-state index in [4.69, 9.17) is 5.73 Å². The van der Waals surface area contributed by atoms with Crippen molar-refractivity contribution < 1.29 is 0 Å². The number of nitrogens with zero attached hydrogens (tertiary/aromatic N) is 3. The molecule has 4 heteroatoms. The lowest BCUT2D eigenvalue weighted by Crippen LogP contribution is -2.13. The smallest absolute Gasteiger partial charge is 0.158 e. The van der Waals surface area contributed by atoms with E-state index in [-0.39, 0.29) is 0 Å². The first-order chi connectivity index (χ1) is 6.81. The highest BCUT2D eigenvalue weighted by molar-refractivity contribution is 5.45. The Morgan fingerprint density at radius 3 is 3.21 bits per heavy atom. The van der Waals surface area contributed by atoms with Gasteiger partial charge in [0.15, 0.2) is 5.65 Å². The van der Waals surface area contributed by atoms with Gasteiger partial charge < -0.3 is 5.73 Å². The second-order valence-corrected chi connectivity index (χ2v) is 3.60. The van der Waals surface area contributed by atoms with Gasteiger partial charge in [0.1, 0.15) is 0 Å². The lowest BCUT2D eigenvalue weighted by atomic mass is 10.0. The molecule has 2 aromatic heterocycles. The number of hydrogen-bond acceptors (Lipinski definition) is 3. The molecule has 0 saturated carbocycles. The van der Waals surface area contributed by atoms with Crippen LogP contribution >= 0.6 is 0 Å². The first-order valence-electron chi connectivity index (χ1n) is 4.78. The second kappa shape index (κ2) is 3.75. The molecule has 0 aliphatic heterocycles. The van der Waals surface area contributed by atoms with Crippen LogP contribution < -0.4 is 5.73 Å². The fourth-order valence-electron chi connectivity index (χ4n) is 1.48. The topological polar surface area (TPSA) is 56.2 Å². The van der Waals surface area contributed by atoms with Crippen LogP contribution in [-0.4, -0.2) is 21.1 Å². The van der Waals surface area contributed by atoms with Crippen LogP contribution in [0.2, 0.25) is 0 Å². The molecule has 14 heavy (non-hydrogen) atoms. The maximum atomic E-state index is 5.59. The highest BCUT2D eigenvalue weighted by Crippen LogP contribution is 2.11. The van der Waals surface area contributed by atoms with E-state index in [9.17, 15) is 0 Å². The van der Waals surface area contributed by atoms with E-state index >= 15 is 0 Å². The van der Waals surface area contributed by atoms with Gasteiger partial charge in [-0.2, -0.15) is 5.10 Å². The summed E-state index contributed by atoms with van der Waals surface area (Å²) in [5, 5.41) is 4.22. The molecule has 0 aromatic carbocycles. The molecular weight excluding hydrogens is 176 g/mol. The number of nitrogens with two attached hydrogens (primary N) is 1. The maximum Gasteiger partial charge on any atom is 0.158 e. The summed E-state index contributed by atoms with van der Waals surface area (Å²) < 4.78 is 1.79. The summed E-state index contributed by atoms with van der Waals surface area (Å²) in [7, 11) is 0. The van der Waals surface area contributed by atoms with Gasteiger partial charge in [0.2, 0.25) is 0 Å². The molecule has 1 atom stereocenters. The number of rotatable bonds is 3. The fourth-order valence-corrected chi connectivity index (χ4v) is 1.48. The van der Waals surface area contributed by atoms with Crippen LogP contribution in [0.3, 0.4) is 0 Å². The average Bonchev–Trinajstić information content (AvgIpc) is 2.62. The van der Waals surface area contributed by atoms with E-state index in [1.165, 1.54) is 5.56 Å². The lowest BCUT2D eigenvalue weighted by molar-refractivity contribution is 0.594. The number of fused-ring (bicyclic) bond motifs is 1. The molecule has 0 spiro atoms. The summed E-state index contributed by atoms with van der Waals surface area (Å²) in [6.45, 7) is 2.83. The van der Waals surface area contributed by atoms with Crippen molar-refractivity contribution in [1.29, 1.82) is 0 Å². The summed E-state index contributed by atoms with van der Waals surface area (Å²) in [6, 6.07) is 1.87. The molecule has 0 bridgehead atoms. The van der Waals surface area contributed by atoms with E-state index in [1.807, 2.05) is 18.5 Å². The van der Waals surface area contributed by atoms with Crippen LogP contribution in [0.15, 0.2) is 24.7 Å². The largest absolute Gasteiger partial charge is 0.330 e. The van der Waals surface area contributed by atoms with Crippen molar-refractivity contribution in [2.24, 2.45) is 11.7 Å². The van der Waals surface area contributed by atoms with E-state index < -0.39 is 0 Å². The van der Waals surface area contributed by atoms with Gasteiger partial charge in [-0.1, -0.05) is 6.92 Å². The van der Waals surface area contributed by atoms with E-state index in [1.54, 1.807) is 10.7 Å². The molecule has 2 aromatic rings. The maximum absolute atomic E-state index is 5.59. The van der Waals surface area contributed by atoms with E-state index in [0.717, 1.165) is 12.1 Å². The normalized spacial score (nSPS) is 13.3. The molecule has 0 radical (unpaired) electrons. The molecule has 1 unspecified atom stereocenters. The van der Waals surface area contributed by atoms with Crippen LogP contribution in [0.5, 0.6) is 0 Å². The molecule has 74 valence electrons. The van der Waals surface area contributed by atoms with Crippen molar-refractivity contribution in [3.63, 3.8) is 0 Å². The average molecular weight is 190 g/mol. The zero-order valence-corrected chi connectivity index (χ0v) is 8.22. The summed E-state index contributed by atoms with van der Waals surface area (Å²) >= 11 is 0. The van der Waals surface area contributed by atoms with Crippen LogP contribution in [0.1, 0.15) is 12.5 Å². The molecule has 0 fully saturated rings. The molecule has 4 nitrogen and oxygen atoms in total. The van der Waals surface area contributed by atoms with Gasteiger partial charge in [-0.25, -0.2) is 9.50 Å². The monoisotopic (exact) mass is 190 g/mol. The summed E-state index contributed by atoms with van der Waals surface area (Å²) in [4.78, 5) is 4.29. The standard InChI is InChI=1S/C10H14N4/c1-8(6-11)5-9-7-13-14-4-2-3-12-10(9)14/h2-4,7-8H,5-6,11H2,1H3. The van der Waals surface area contributed by atoms with Crippen molar-refractivity contribution in [3.8, 4) is 0 Å². The van der Waals surface area contributed by atoms with Crippen LogP contribution in [0.4, 0.5) is 0 Å². The zero-order chi connectivity index (χ0) is 9.97. The predicted octanol–water partition coefficient (Wildman–Crippen LogP) is 0.867. The van der Waals surface area contributed by atoms with Crippen molar-refractivity contribution in [2.75, 3.05) is 6.54 Å². The molecule has 2 N–H and O–H groups in total. The van der Waals surface area contributed by atoms with Crippen LogP contribution in [-0.2, 0) is 6.42 Å². The third-order valence-electron chi connectivity index (χ3n) is 2.32. The SMILES string of the molecule is CC(CN)Cc1cnn2cccnc12. The molecular formula is C10H14N4. The Hall–Kier alpha value is -1.42. The fraction of sp³-hybridized carbons (Fsp3) is 0.400. The Balaban J connectivity index is 2.33. The Bertz CT molecular complexity index is 421. The van der Waals surface area contributed by atoms with Crippen LogP contribution in [0.25, 0.3) is 5.65 Å². The first kappa shape index (κ1) is 9.15. The van der Waals surface area contributed by atoms with E-state index in [0.29, 0.717) is 12.5 Å². The Morgan fingerprint density at radius 2 is 2.43 bits per heavy atom. The van der Waals surface area contributed by atoms with Crippen LogP contribution in [0, 0.1) is 5.92 Å². The third kappa shape index (κ3) is 1.61. The first-order valence-corrected chi connectivity index (χ1v) is 4.78. The Morgan fingerprint density at radius 1 is 1.57 bits per heavy atom. The quantitative estimate of drug-likeness (QED) is 0.781. The lowest BCUT2D eigenvalue weighted by Gasteiger charge is -2.05. The third-order valence-corrected chi connectivity index (χ3v) is 2.32. The van der Waals surface area contributed by atoms with Crippen molar-refractivity contribution in [3.05, 3.63) is 30.2 Å². The molecule has 0 aliphatic rings. The van der Waals surface area contributed by atoms with E-state index in [2.05, 4.69) is 17.0 Å². The highest BCUT2D eigenvalue weighted by Gasteiger charge is 2.07. The summed E-state index contributed by atoms with van der Waals surface area (Å²) in [5.41, 5.74) is 7.69. The molecule has 0 amide bonds. The summed E-state index contributed by atoms with van der Waals surface area (Å²) in [6.07, 6.45) is 6.50. The highest BCUT2D eigenvalue weighted by atomic mass is 15.2.